The van der Waals surface area contributed by atoms with Gasteiger partial charge in [-0.1, -0.05) is 31.2 Å². The van der Waals surface area contributed by atoms with Gasteiger partial charge in [-0.15, -0.1) is 0 Å². The predicted molar refractivity (Wildman–Crippen MR) is 57.1 cm³/mol. The second-order valence-corrected chi connectivity index (χ2v) is 3.22. The molecule has 0 spiro atoms. The van der Waals surface area contributed by atoms with Crippen molar-refractivity contribution in [2.75, 3.05) is 0 Å². The molecule has 2 heteroatoms. The molecule has 0 aliphatic carbocycles. The lowest BCUT2D eigenvalue weighted by atomic mass is 10.0. The van der Waals surface area contributed by atoms with Crippen LogP contribution in [0, 0.1) is 0 Å². The van der Waals surface area contributed by atoms with Crippen LogP contribution in [0.2, 0.25) is 0 Å². The average Bonchev–Trinajstić information content (AvgIpc) is 2.17. The summed E-state index contributed by atoms with van der Waals surface area (Å²) in [6.45, 7) is 3.89. The van der Waals surface area contributed by atoms with Gasteiger partial charge in [0, 0.05) is 6.08 Å². The third kappa shape index (κ3) is 2.73. The zero-order valence-corrected chi connectivity index (χ0v) is 8.45. The van der Waals surface area contributed by atoms with Crippen molar-refractivity contribution in [3.05, 3.63) is 41.5 Å². The molecule has 0 amide bonds. The van der Waals surface area contributed by atoms with E-state index in [4.69, 9.17) is 5.11 Å². The second-order valence-electron chi connectivity index (χ2n) is 3.22. The van der Waals surface area contributed by atoms with Gasteiger partial charge in [-0.25, -0.2) is 4.79 Å². The molecule has 0 fully saturated rings. The van der Waals surface area contributed by atoms with E-state index in [1.54, 1.807) is 6.92 Å². The molecule has 1 aromatic carbocycles. The van der Waals surface area contributed by atoms with E-state index in [1.807, 2.05) is 24.3 Å². The van der Waals surface area contributed by atoms with Crippen LogP contribution in [0.5, 0.6) is 0 Å². The summed E-state index contributed by atoms with van der Waals surface area (Å²) in [5.41, 5.74) is 3.00. The number of rotatable bonds is 3. The molecule has 1 rings (SSSR count). The highest BCUT2D eigenvalue weighted by Crippen LogP contribution is 2.14. The second kappa shape index (κ2) is 4.61. The number of carboxylic acid groups (broad SMARTS) is 1. The molecule has 0 bridgehead atoms. The molecule has 0 saturated heterocycles. The first-order chi connectivity index (χ1) is 6.63. The first-order valence-corrected chi connectivity index (χ1v) is 4.64. The van der Waals surface area contributed by atoms with Gasteiger partial charge in [0.05, 0.1) is 0 Å². The van der Waals surface area contributed by atoms with E-state index in [-0.39, 0.29) is 0 Å². The van der Waals surface area contributed by atoms with Gasteiger partial charge >= 0.3 is 5.97 Å². The Morgan fingerprint density at radius 3 is 2.36 bits per heavy atom. The molecule has 0 aromatic heterocycles. The summed E-state index contributed by atoms with van der Waals surface area (Å²) < 4.78 is 0. The molecule has 1 aromatic rings. The smallest absolute Gasteiger partial charge is 0.328 e. The summed E-state index contributed by atoms with van der Waals surface area (Å²) >= 11 is 0. The monoisotopic (exact) mass is 190 g/mol. The Morgan fingerprint density at radius 1 is 1.36 bits per heavy atom. The number of aliphatic carboxylic acids is 1. The van der Waals surface area contributed by atoms with Crippen molar-refractivity contribution >= 4 is 11.5 Å². The van der Waals surface area contributed by atoms with Crippen molar-refractivity contribution in [3.63, 3.8) is 0 Å². The predicted octanol–water partition coefficient (Wildman–Crippen LogP) is 2.74. The van der Waals surface area contributed by atoms with Gasteiger partial charge in [0.2, 0.25) is 0 Å². The molecule has 74 valence electrons. The lowest BCUT2D eigenvalue weighted by Gasteiger charge is -2.01. The minimum Gasteiger partial charge on any atom is -0.478 e. The molecular weight excluding hydrogens is 176 g/mol. The van der Waals surface area contributed by atoms with Crippen molar-refractivity contribution in [1.82, 2.24) is 0 Å². The largest absolute Gasteiger partial charge is 0.478 e. The SMILES string of the molecule is CCc1ccc(/C(C)=C/C(=O)O)cc1. The number of carbonyl (C=O) groups is 1. The fourth-order valence-electron chi connectivity index (χ4n) is 1.27. The van der Waals surface area contributed by atoms with E-state index in [2.05, 4.69) is 6.92 Å². The minimum atomic E-state index is -0.901. The molecule has 0 saturated carbocycles. The minimum absolute atomic E-state index is 0.778. The lowest BCUT2D eigenvalue weighted by Crippen LogP contribution is -1.90. The summed E-state index contributed by atoms with van der Waals surface area (Å²) in [4.78, 5) is 10.4. The van der Waals surface area contributed by atoms with Crippen LogP contribution in [-0.2, 0) is 11.2 Å². The zero-order chi connectivity index (χ0) is 10.6. The van der Waals surface area contributed by atoms with Crippen molar-refractivity contribution in [1.29, 1.82) is 0 Å². The first kappa shape index (κ1) is 10.5. The molecule has 1 N–H and O–H groups in total. The number of hydrogen-bond acceptors (Lipinski definition) is 1. The number of carboxylic acids is 1. The van der Waals surface area contributed by atoms with Gasteiger partial charge in [0.1, 0.15) is 0 Å². The molecular formula is C12H14O2. The van der Waals surface area contributed by atoms with E-state index in [9.17, 15) is 4.79 Å². The maximum atomic E-state index is 10.4. The van der Waals surface area contributed by atoms with Crippen LogP contribution < -0.4 is 0 Å². The molecule has 0 unspecified atom stereocenters. The van der Waals surface area contributed by atoms with Gasteiger partial charge in [-0.05, 0) is 30.0 Å². The molecule has 0 atom stereocenters. The maximum absolute atomic E-state index is 10.4. The normalized spacial score (nSPS) is 11.4. The van der Waals surface area contributed by atoms with Crippen LogP contribution >= 0.6 is 0 Å². The summed E-state index contributed by atoms with van der Waals surface area (Å²) in [5.74, 6) is -0.901. The van der Waals surface area contributed by atoms with E-state index in [1.165, 1.54) is 11.6 Å². The van der Waals surface area contributed by atoms with Gasteiger partial charge in [0.15, 0.2) is 0 Å². The Balaban J connectivity index is 2.92. The van der Waals surface area contributed by atoms with Crippen LogP contribution in [0.25, 0.3) is 5.57 Å². The molecule has 14 heavy (non-hydrogen) atoms. The highest BCUT2D eigenvalue weighted by Gasteiger charge is 1.98. The van der Waals surface area contributed by atoms with Gasteiger partial charge < -0.3 is 5.11 Å². The molecule has 2 nitrogen and oxygen atoms in total. The molecule has 0 aliphatic rings. The Hall–Kier alpha value is -1.57. The van der Waals surface area contributed by atoms with Crippen molar-refractivity contribution in [2.24, 2.45) is 0 Å². The van der Waals surface area contributed by atoms with E-state index >= 15 is 0 Å². The van der Waals surface area contributed by atoms with Gasteiger partial charge in [-0.2, -0.15) is 0 Å². The van der Waals surface area contributed by atoms with Crippen molar-refractivity contribution in [3.8, 4) is 0 Å². The quantitative estimate of drug-likeness (QED) is 0.744. The summed E-state index contributed by atoms with van der Waals surface area (Å²) in [6.07, 6.45) is 2.23. The molecule has 0 radical (unpaired) electrons. The van der Waals surface area contributed by atoms with Crippen LogP contribution in [-0.4, -0.2) is 11.1 Å². The van der Waals surface area contributed by atoms with E-state index in [0.717, 1.165) is 17.6 Å². The first-order valence-electron chi connectivity index (χ1n) is 4.64. The van der Waals surface area contributed by atoms with Crippen molar-refractivity contribution in [2.45, 2.75) is 20.3 Å². The Morgan fingerprint density at radius 2 is 1.93 bits per heavy atom. The van der Waals surface area contributed by atoms with E-state index < -0.39 is 5.97 Å². The Bertz CT molecular complexity index is 347. The van der Waals surface area contributed by atoms with Crippen LogP contribution in [0.15, 0.2) is 30.3 Å². The summed E-state index contributed by atoms with van der Waals surface area (Å²) in [7, 11) is 0. The Labute approximate surface area is 83.9 Å². The standard InChI is InChI=1S/C12H14O2/c1-3-10-4-6-11(7-5-10)9(2)8-12(13)14/h4-8H,3H2,1-2H3,(H,13,14)/b9-8+. The number of hydrogen-bond donors (Lipinski definition) is 1. The molecule has 0 heterocycles. The Kier molecular flexibility index (Phi) is 3.46. The summed E-state index contributed by atoms with van der Waals surface area (Å²) in [6, 6.07) is 7.95. The topological polar surface area (TPSA) is 37.3 Å². The molecule has 0 aliphatic heterocycles. The van der Waals surface area contributed by atoms with Crippen molar-refractivity contribution < 1.29 is 9.90 Å². The van der Waals surface area contributed by atoms with Crippen LogP contribution in [0.1, 0.15) is 25.0 Å². The van der Waals surface area contributed by atoms with Gasteiger partial charge in [-0.3, -0.25) is 0 Å². The van der Waals surface area contributed by atoms with Gasteiger partial charge in [0.25, 0.3) is 0 Å². The lowest BCUT2D eigenvalue weighted by molar-refractivity contribution is -0.131. The fourth-order valence-corrected chi connectivity index (χ4v) is 1.27. The third-order valence-corrected chi connectivity index (χ3v) is 2.16. The third-order valence-electron chi connectivity index (χ3n) is 2.16. The maximum Gasteiger partial charge on any atom is 0.328 e. The van der Waals surface area contributed by atoms with Crippen LogP contribution in [0.3, 0.4) is 0 Å². The number of aryl methyl sites for hydroxylation is 1. The fraction of sp³-hybridized carbons (Fsp3) is 0.250. The zero-order valence-electron chi connectivity index (χ0n) is 8.45. The summed E-state index contributed by atoms with van der Waals surface area (Å²) in [5, 5.41) is 8.57. The van der Waals surface area contributed by atoms with E-state index in [0.29, 0.717) is 0 Å². The average molecular weight is 190 g/mol. The number of allylic oxidation sites excluding steroid dienone is 1. The number of benzene rings is 1. The highest BCUT2D eigenvalue weighted by molar-refractivity contribution is 5.89. The highest BCUT2D eigenvalue weighted by atomic mass is 16.4. The van der Waals surface area contributed by atoms with Crippen LogP contribution in [0.4, 0.5) is 0 Å².